The second-order valence-electron chi connectivity index (χ2n) is 4.99. The second-order valence-corrected chi connectivity index (χ2v) is 4.99. The quantitative estimate of drug-likeness (QED) is 0.475. The van der Waals surface area contributed by atoms with Crippen LogP contribution in [0.1, 0.15) is 36.7 Å². The molecule has 0 unspecified atom stereocenters. The minimum atomic E-state index is -0.519. The summed E-state index contributed by atoms with van der Waals surface area (Å²) in [7, 11) is 1.50. The zero-order valence-electron chi connectivity index (χ0n) is 11.6. The largest absolute Gasteiger partial charge is 0.496 e. The molecule has 1 rings (SSSR count). The standard InChI is InChI=1S/C15H18O4/c1-15(2,3)19-14(17)8-6-11-5-7-13(18-4)12(9-11)10-16/h5-10H,1-4H3/b8-6+. The minimum absolute atomic E-state index is 0.420. The summed E-state index contributed by atoms with van der Waals surface area (Å²) < 4.78 is 10.2. The van der Waals surface area contributed by atoms with Crippen molar-refractivity contribution in [3.8, 4) is 5.75 Å². The van der Waals surface area contributed by atoms with Crippen molar-refractivity contribution in [1.29, 1.82) is 0 Å². The maximum absolute atomic E-state index is 11.5. The predicted molar refractivity (Wildman–Crippen MR) is 73.3 cm³/mol. The van der Waals surface area contributed by atoms with Gasteiger partial charge >= 0.3 is 5.97 Å². The molecule has 0 aliphatic heterocycles. The zero-order valence-corrected chi connectivity index (χ0v) is 11.6. The first-order valence-electron chi connectivity index (χ1n) is 5.90. The number of rotatable bonds is 4. The summed E-state index contributed by atoms with van der Waals surface area (Å²) >= 11 is 0. The summed E-state index contributed by atoms with van der Waals surface area (Å²) in [6.07, 6.45) is 3.64. The van der Waals surface area contributed by atoms with E-state index in [2.05, 4.69) is 0 Å². The van der Waals surface area contributed by atoms with Crippen LogP contribution < -0.4 is 4.74 Å². The van der Waals surface area contributed by atoms with Crippen LogP contribution in [0.25, 0.3) is 6.08 Å². The van der Waals surface area contributed by atoms with E-state index in [9.17, 15) is 9.59 Å². The highest BCUT2D eigenvalue weighted by atomic mass is 16.6. The van der Waals surface area contributed by atoms with E-state index in [0.29, 0.717) is 17.6 Å². The lowest BCUT2D eigenvalue weighted by molar-refractivity contribution is -0.148. The van der Waals surface area contributed by atoms with E-state index in [4.69, 9.17) is 9.47 Å². The van der Waals surface area contributed by atoms with Crippen molar-refractivity contribution >= 4 is 18.3 Å². The molecule has 0 aliphatic rings. The molecule has 0 bridgehead atoms. The van der Waals surface area contributed by atoms with Crippen molar-refractivity contribution in [2.45, 2.75) is 26.4 Å². The summed E-state index contributed by atoms with van der Waals surface area (Å²) in [6.45, 7) is 5.41. The van der Waals surface area contributed by atoms with Gasteiger partial charge in [0, 0.05) is 6.08 Å². The Labute approximate surface area is 113 Å². The fourth-order valence-electron chi connectivity index (χ4n) is 1.45. The van der Waals surface area contributed by atoms with Crippen molar-refractivity contribution in [2.75, 3.05) is 7.11 Å². The second kappa shape index (κ2) is 6.18. The highest BCUT2D eigenvalue weighted by Crippen LogP contribution is 2.18. The number of hydrogen-bond acceptors (Lipinski definition) is 4. The van der Waals surface area contributed by atoms with E-state index in [-0.39, 0.29) is 0 Å². The molecule has 19 heavy (non-hydrogen) atoms. The first kappa shape index (κ1) is 15.0. The van der Waals surface area contributed by atoms with Gasteiger partial charge in [0.2, 0.25) is 0 Å². The Morgan fingerprint density at radius 2 is 1.95 bits per heavy atom. The van der Waals surface area contributed by atoms with Crippen LogP contribution in [0.2, 0.25) is 0 Å². The molecule has 1 aromatic rings. The SMILES string of the molecule is COc1ccc(/C=C/C(=O)OC(C)(C)C)cc1C=O. The normalized spacial score (nSPS) is 11.4. The van der Waals surface area contributed by atoms with E-state index in [1.807, 2.05) is 0 Å². The summed E-state index contributed by atoms with van der Waals surface area (Å²) in [5.41, 5.74) is 0.651. The molecule has 0 atom stereocenters. The van der Waals surface area contributed by atoms with Crippen molar-refractivity contribution in [3.05, 3.63) is 35.4 Å². The molecule has 0 aliphatic carbocycles. The monoisotopic (exact) mass is 262 g/mol. The van der Waals surface area contributed by atoms with Gasteiger partial charge in [-0.15, -0.1) is 0 Å². The molecule has 1 aromatic carbocycles. The molecule has 0 amide bonds. The number of esters is 1. The molecule has 0 saturated carbocycles. The third kappa shape index (κ3) is 4.95. The van der Waals surface area contributed by atoms with E-state index in [1.165, 1.54) is 13.2 Å². The van der Waals surface area contributed by atoms with E-state index in [0.717, 1.165) is 5.56 Å². The fraction of sp³-hybridized carbons (Fsp3) is 0.333. The summed E-state index contributed by atoms with van der Waals surface area (Å²) in [5.74, 6) is 0.0837. The Balaban J connectivity index is 2.82. The van der Waals surface area contributed by atoms with Gasteiger partial charge in [-0.3, -0.25) is 4.79 Å². The number of carbonyl (C=O) groups is 2. The number of ether oxygens (including phenoxy) is 2. The highest BCUT2D eigenvalue weighted by molar-refractivity contribution is 5.88. The Kier molecular flexibility index (Phi) is 4.87. The summed E-state index contributed by atoms with van der Waals surface area (Å²) in [5, 5.41) is 0. The molecule has 0 saturated heterocycles. The lowest BCUT2D eigenvalue weighted by Crippen LogP contribution is -2.22. The molecule has 102 valence electrons. The van der Waals surface area contributed by atoms with E-state index in [1.54, 1.807) is 45.0 Å². The van der Waals surface area contributed by atoms with Gasteiger partial charge in [-0.2, -0.15) is 0 Å². The molecular formula is C15H18O4. The Bertz CT molecular complexity index is 495. The third-order valence-corrected chi connectivity index (χ3v) is 2.20. The molecule has 0 spiro atoms. The molecular weight excluding hydrogens is 244 g/mol. The van der Waals surface area contributed by atoms with Crippen LogP contribution in [0.15, 0.2) is 24.3 Å². The molecule has 4 heteroatoms. The number of benzene rings is 1. The first-order chi connectivity index (χ1) is 8.85. The first-order valence-corrected chi connectivity index (χ1v) is 5.90. The van der Waals surface area contributed by atoms with Crippen LogP contribution >= 0.6 is 0 Å². The van der Waals surface area contributed by atoms with Crippen LogP contribution in [0.3, 0.4) is 0 Å². The van der Waals surface area contributed by atoms with Crippen molar-refractivity contribution in [2.24, 2.45) is 0 Å². The van der Waals surface area contributed by atoms with Gasteiger partial charge < -0.3 is 9.47 Å². The van der Waals surface area contributed by atoms with Gasteiger partial charge in [-0.05, 0) is 44.5 Å². The zero-order chi connectivity index (χ0) is 14.5. The van der Waals surface area contributed by atoms with Crippen LogP contribution in [0.5, 0.6) is 5.75 Å². The average Bonchev–Trinajstić information content (AvgIpc) is 2.33. The summed E-state index contributed by atoms with van der Waals surface area (Å²) in [4.78, 5) is 22.4. The van der Waals surface area contributed by atoms with Crippen LogP contribution in [-0.2, 0) is 9.53 Å². The Morgan fingerprint density at radius 1 is 1.26 bits per heavy atom. The molecule has 4 nitrogen and oxygen atoms in total. The molecule has 0 fully saturated rings. The molecule has 0 radical (unpaired) electrons. The van der Waals surface area contributed by atoms with Crippen molar-refractivity contribution < 1.29 is 19.1 Å². The van der Waals surface area contributed by atoms with Crippen molar-refractivity contribution in [3.63, 3.8) is 0 Å². The number of methoxy groups -OCH3 is 1. The van der Waals surface area contributed by atoms with Gasteiger partial charge in [0.25, 0.3) is 0 Å². The van der Waals surface area contributed by atoms with Gasteiger partial charge in [-0.25, -0.2) is 4.79 Å². The van der Waals surface area contributed by atoms with Crippen LogP contribution in [0.4, 0.5) is 0 Å². The number of hydrogen-bond donors (Lipinski definition) is 0. The summed E-state index contributed by atoms with van der Waals surface area (Å²) in [6, 6.07) is 5.08. The average molecular weight is 262 g/mol. The maximum atomic E-state index is 11.5. The van der Waals surface area contributed by atoms with Gasteiger partial charge in [-0.1, -0.05) is 6.07 Å². The molecule has 0 N–H and O–H groups in total. The fourth-order valence-corrected chi connectivity index (χ4v) is 1.45. The van der Waals surface area contributed by atoms with Crippen molar-refractivity contribution in [1.82, 2.24) is 0 Å². The Hall–Kier alpha value is -2.10. The van der Waals surface area contributed by atoms with Gasteiger partial charge in [0.1, 0.15) is 11.4 Å². The van der Waals surface area contributed by atoms with Gasteiger partial charge in [0.15, 0.2) is 6.29 Å². The highest BCUT2D eigenvalue weighted by Gasteiger charge is 2.13. The maximum Gasteiger partial charge on any atom is 0.331 e. The molecule has 0 aromatic heterocycles. The lowest BCUT2D eigenvalue weighted by Gasteiger charge is -2.17. The van der Waals surface area contributed by atoms with E-state index < -0.39 is 11.6 Å². The van der Waals surface area contributed by atoms with Crippen LogP contribution in [0, 0.1) is 0 Å². The number of aldehydes is 1. The lowest BCUT2D eigenvalue weighted by atomic mass is 10.1. The number of carbonyl (C=O) groups excluding carboxylic acids is 2. The van der Waals surface area contributed by atoms with E-state index >= 15 is 0 Å². The van der Waals surface area contributed by atoms with Crippen LogP contribution in [-0.4, -0.2) is 25.0 Å². The third-order valence-electron chi connectivity index (χ3n) is 2.20. The smallest absolute Gasteiger partial charge is 0.331 e. The predicted octanol–water partition coefficient (Wildman–Crippen LogP) is 2.86. The molecule has 0 heterocycles. The topological polar surface area (TPSA) is 52.6 Å². The Morgan fingerprint density at radius 3 is 2.47 bits per heavy atom. The minimum Gasteiger partial charge on any atom is -0.496 e. The van der Waals surface area contributed by atoms with Gasteiger partial charge in [0.05, 0.1) is 12.7 Å².